The first kappa shape index (κ1) is 24.3. The molecule has 2 saturated heterocycles. The fraction of sp³-hybridized carbons (Fsp3) is 0.882. The lowest BCUT2D eigenvalue weighted by Gasteiger charge is -2.38. The summed E-state index contributed by atoms with van der Waals surface area (Å²) in [5.74, 6) is -2.43. The lowest BCUT2D eigenvalue weighted by molar-refractivity contribution is -0.135. The van der Waals surface area contributed by atoms with Gasteiger partial charge in [0.15, 0.2) is 5.78 Å². The Morgan fingerprint density at radius 1 is 1.00 bits per heavy atom. The van der Waals surface area contributed by atoms with Crippen LogP contribution in [-0.4, -0.2) is 78.0 Å². The molecule has 1 amide bonds. The Morgan fingerprint density at radius 2 is 1.48 bits per heavy atom. The van der Waals surface area contributed by atoms with Crippen molar-refractivity contribution in [2.45, 2.75) is 45.1 Å². The molecule has 0 bridgehead atoms. The standard InChI is InChI=1S/C17H29NO8S3/c1-3-14(19)15(13-4-8-28(23,24)9-5-13)18-16(20)17(12-27(2,21)22)6-10-29(25,26)11-7-17/h13,15H,3-12H2,1-2H3,(H,18,20). The monoisotopic (exact) mass is 471 g/mol. The van der Waals surface area contributed by atoms with Crippen LogP contribution < -0.4 is 5.32 Å². The van der Waals surface area contributed by atoms with Crippen molar-refractivity contribution in [1.29, 1.82) is 0 Å². The van der Waals surface area contributed by atoms with Gasteiger partial charge in [0, 0.05) is 12.7 Å². The molecule has 168 valence electrons. The quantitative estimate of drug-likeness (QED) is 0.523. The molecule has 2 aliphatic heterocycles. The Kier molecular flexibility index (Phi) is 7.21. The second-order valence-corrected chi connectivity index (χ2v) is 15.0. The van der Waals surface area contributed by atoms with E-state index in [2.05, 4.69) is 5.32 Å². The number of hydrogen-bond donors (Lipinski definition) is 1. The van der Waals surface area contributed by atoms with E-state index in [0.717, 1.165) is 6.26 Å². The molecule has 0 aromatic carbocycles. The Hall–Kier alpha value is -1.01. The third-order valence-corrected chi connectivity index (χ3v) is 10.3. The number of Topliss-reactive ketones (excluding diaryl/α,β-unsaturated/α-hetero) is 1. The van der Waals surface area contributed by atoms with Crippen LogP contribution in [0.4, 0.5) is 0 Å². The number of carbonyl (C=O) groups excluding carboxylic acids is 2. The largest absolute Gasteiger partial charge is 0.346 e. The van der Waals surface area contributed by atoms with Crippen LogP contribution in [0.5, 0.6) is 0 Å². The van der Waals surface area contributed by atoms with Gasteiger partial charge in [0.1, 0.15) is 29.5 Å². The summed E-state index contributed by atoms with van der Waals surface area (Å²) in [7, 11) is -10.1. The summed E-state index contributed by atoms with van der Waals surface area (Å²) in [5.41, 5.74) is -1.41. The van der Waals surface area contributed by atoms with Gasteiger partial charge >= 0.3 is 0 Å². The molecule has 2 fully saturated rings. The van der Waals surface area contributed by atoms with Crippen molar-refractivity contribution in [1.82, 2.24) is 5.32 Å². The van der Waals surface area contributed by atoms with Crippen LogP contribution in [0.15, 0.2) is 0 Å². The predicted molar refractivity (Wildman–Crippen MR) is 109 cm³/mol. The van der Waals surface area contributed by atoms with Crippen molar-refractivity contribution in [3.05, 3.63) is 0 Å². The second kappa shape index (κ2) is 8.62. The number of carbonyl (C=O) groups is 2. The number of nitrogens with one attached hydrogen (secondary N) is 1. The minimum absolute atomic E-state index is 0.0617. The van der Waals surface area contributed by atoms with Crippen molar-refractivity contribution in [3.8, 4) is 0 Å². The van der Waals surface area contributed by atoms with Gasteiger partial charge in [-0.2, -0.15) is 0 Å². The zero-order valence-corrected chi connectivity index (χ0v) is 19.2. The molecular formula is C17H29NO8S3. The summed E-state index contributed by atoms with van der Waals surface area (Å²) in [4.78, 5) is 25.7. The highest BCUT2D eigenvalue weighted by Crippen LogP contribution is 2.35. The molecule has 0 aromatic rings. The minimum atomic E-state index is -3.59. The van der Waals surface area contributed by atoms with Crippen LogP contribution >= 0.6 is 0 Å². The summed E-state index contributed by atoms with van der Waals surface area (Å²) in [6.45, 7) is 1.64. The summed E-state index contributed by atoms with van der Waals surface area (Å²) in [6, 6.07) is -0.905. The predicted octanol–water partition coefficient (Wildman–Crippen LogP) is -0.485. The second-order valence-electron chi connectivity index (χ2n) is 8.26. The van der Waals surface area contributed by atoms with E-state index in [-0.39, 0.29) is 66.8 Å². The Bertz CT molecular complexity index is 938. The van der Waals surface area contributed by atoms with Crippen molar-refractivity contribution in [2.24, 2.45) is 11.3 Å². The normalized spacial score (nSPS) is 25.0. The lowest BCUT2D eigenvalue weighted by atomic mass is 9.81. The summed E-state index contributed by atoms with van der Waals surface area (Å²) in [6.07, 6.45) is 1.37. The summed E-state index contributed by atoms with van der Waals surface area (Å²) < 4.78 is 71.0. The molecule has 0 saturated carbocycles. The highest BCUT2D eigenvalue weighted by Gasteiger charge is 2.47. The van der Waals surface area contributed by atoms with Crippen LogP contribution in [0.1, 0.15) is 39.0 Å². The van der Waals surface area contributed by atoms with Crippen LogP contribution in [0, 0.1) is 11.3 Å². The molecule has 0 spiro atoms. The molecule has 0 aromatic heterocycles. The first-order valence-corrected chi connectivity index (χ1v) is 15.3. The van der Waals surface area contributed by atoms with Crippen molar-refractivity contribution < 1.29 is 34.8 Å². The molecule has 2 rings (SSSR count). The van der Waals surface area contributed by atoms with Gasteiger partial charge in [0.25, 0.3) is 0 Å². The fourth-order valence-electron chi connectivity index (χ4n) is 4.08. The van der Waals surface area contributed by atoms with E-state index in [0.29, 0.717) is 0 Å². The molecule has 2 aliphatic rings. The van der Waals surface area contributed by atoms with Crippen LogP contribution in [-0.2, 0) is 39.1 Å². The number of amides is 1. The van der Waals surface area contributed by atoms with E-state index in [1.165, 1.54) is 0 Å². The molecular weight excluding hydrogens is 442 g/mol. The molecule has 29 heavy (non-hydrogen) atoms. The summed E-state index contributed by atoms with van der Waals surface area (Å²) in [5, 5.41) is 2.68. The molecule has 1 N–H and O–H groups in total. The zero-order chi connectivity index (χ0) is 22.1. The molecule has 0 radical (unpaired) electrons. The van der Waals surface area contributed by atoms with Gasteiger partial charge in [-0.15, -0.1) is 0 Å². The average molecular weight is 472 g/mol. The van der Waals surface area contributed by atoms with E-state index in [1.807, 2.05) is 0 Å². The van der Waals surface area contributed by atoms with Crippen molar-refractivity contribution in [3.63, 3.8) is 0 Å². The first-order valence-electron chi connectivity index (χ1n) is 9.61. The van der Waals surface area contributed by atoms with E-state index in [1.54, 1.807) is 6.92 Å². The van der Waals surface area contributed by atoms with E-state index in [9.17, 15) is 34.8 Å². The Labute approximate surface area is 172 Å². The highest BCUT2D eigenvalue weighted by molar-refractivity contribution is 7.91. The maximum Gasteiger partial charge on any atom is 0.227 e. The van der Waals surface area contributed by atoms with Gasteiger partial charge in [-0.25, -0.2) is 25.3 Å². The number of hydrogen-bond acceptors (Lipinski definition) is 8. The minimum Gasteiger partial charge on any atom is -0.346 e. The number of ketones is 1. The number of rotatable bonds is 7. The van der Waals surface area contributed by atoms with Gasteiger partial charge in [-0.05, 0) is 31.6 Å². The third kappa shape index (κ3) is 6.48. The van der Waals surface area contributed by atoms with Crippen LogP contribution in [0.2, 0.25) is 0 Å². The van der Waals surface area contributed by atoms with Gasteiger partial charge < -0.3 is 5.32 Å². The maximum absolute atomic E-state index is 13.2. The molecule has 0 aliphatic carbocycles. The zero-order valence-electron chi connectivity index (χ0n) is 16.7. The van der Waals surface area contributed by atoms with Crippen molar-refractivity contribution >= 4 is 41.2 Å². The van der Waals surface area contributed by atoms with E-state index < -0.39 is 52.6 Å². The first-order chi connectivity index (χ1) is 13.2. The fourth-order valence-corrected chi connectivity index (χ4v) is 8.64. The Balaban J connectivity index is 2.27. The maximum atomic E-state index is 13.2. The van der Waals surface area contributed by atoms with E-state index >= 15 is 0 Å². The van der Waals surface area contributed by atoms with Gasteiger partial charge in [-0.1, -0.05) is 6.92 Å². The third-order valence-electron chi connectivity index (χ3n) is 5.86. The van der Waals surface area contributed by atoms with Gasteiger partial charge in [0.2, 0.25) is 5.91 Å². The molecule has 1 atom stereocenters. The Morgan fingerprint density at radius 3 is 1.93 bits per heavy atom. The lowest BCUT2D eigenvalue weighted by Crippen LogP contribution is -2.56. The smallest absolute Gasteiger partial charge is 0.227 e. The van der Waals surface area contributed by atoms with Crippen LogP contribution in [0.3, 0.4) is 0 Å². The molecule has 12 heteroatoms. The van der Waals surface area contributed by atoms with Crippen LogP contribution in [0.25, 0.3) is 0 Å². The number of sulfone groups is 3. The average Bonchev–Trinajstić information content (AvgIpc) is 2.60. The highest BCUT2D eigenvalue weighted by atomic mass is 32.2. The molecule has 9 nitrogen and oxygen atoms in total. The SMILES string of the molecule is CCC(=O)C(NC(=O)C1(CS(C)(=O)=O)CCS(=O)(=O)CC1)C1CCS(=O)(=O)CC1. The van der Waals surface area contributed by atoms with E-state index in [4.69, 9.17) is 0 Å². The van der Waals surface area contributed by atoms with Gasteiger partial charge in [0.05, 0.1) is 40.2 Å². The molecule has 1 unspecified atom stereocenters. The van der Waals surface area contributed by atoms with Gasteiger partial charge in [-0.3, -0.25) is 9.59 Å². The summed E-state index contributed by atoms with van der Waals surface area (Å²) >= 11 is 0. The van der Waals surface area contributed by atoms with Crippen molar-refractivity contribution in [2.75, 3.05) is 35.0 Å². The molecule has 2 heterocycles. The topological polar surface area (TPSA) is 149 Å².